The Morgan fingerprint density at radius 2 is 1.75 bits per heavy atom. The fourth-order valence-corrected chi connectivity index (χ4v) is 2.48. The predicted octanol–water partition coefficient (Wildman–Crippen LogP) is 3.58. The molecule has 88 valence electrons. The topological polar surface area (TPSA) is 12.0 Å². The minimum Gasteiger partial charge on any atom is -0.312 e. The van der Waals surface area contributed by atoms with E-state index in [1.54, 1.807) is 0 Å². The number of hydrogen-bond donors (Lipinski definition) is 1. The van der Waals surface area contributed by atoms with Crippen LogP contribution in [0.15, 0.2) is 18.2 Å². The molecule has 0 saturated heterocycles. The van der Waals surface area contributed by atoms with E-state index < -0.39 is 0 Å². The van der Waals surface area contributed by atoms with Crippen molar-refractivity contribution in [2.45, 2.75) is 46.6 Å². The van der Waals surface area contributed by atoms with E-state index in [4.69, 9.17) is 0 Å². The lowest BCUT2D eigenvalue weighted by molar-refractivity contribution is 0.443. The summed E-state index contributed by atoms with van der Waals surface area (Å²) in [4.78, 5) is 0. The Kier molecular flexibility index (Phi) is 3.34. The molecule has 0 amide bonds. The molecule has 0 atom stereocenters. The summed E-state index contributed by atoms with van der Waals surface area (Å²) in [7, 11) is 0. The van der Waals surface area contributed by atoms with Crippen LogP contribution in [0.3, 0.4) is 0 Å². The van der Waals surface area contributed by atoms with Crippen LogP contribution >= 0.6 is 0 Å². The molecule has 0 bridgehead atoms. The molecule has 1 aliphatic carbocycles. The largest absolute Gasteiger partial charge is 0.312 e. The minimum absolute atomic E-state index is 0.652. The van der Waals surface area contributed by atoms with Crippen LogP contribution in [-0.2, 0) is 6.54 Å². The van der Waals surface area contributed by atoms with Crippen molar-refractivity contribution in [1.82, 2.24) is 5.32 Å². The van der Waals surface area contributed by atoms with Crippen LogP contribution in [0.5, 0.6) is 0 Å². The summed E-state index contributed by atoms with van der Waals surface area (Å²) in [6.07, 6.45) is 4.17. The van der Waals surface area contributed by atoms with Gasteiger partial charge in [0.25, 0.3) is 0 Å². The van der Waals surface area contributed by atoms with E-state index in [-0.39, 0.29) is 0 Å². The van der Waals surface area contributed by atoms with Gasteiger partial charge in [-0.1, -0.05) is 36.2 Å². The molecular weight excluding hydrogens is 194 g/mol. The Morgan fingerprint density at radius 3 is 2.25 bits per heavy atom. The fourth-order valence-electron chi connectivity index (χ4n) is 2.48. The molecule has 1 fully saturated rings. The van der Waals surface area contributed by atoms with Crippen molar-refractivity contribution in [3.63, 3.8) is 0 Å². The standard InChI is InChI=1S/C15H23N/c1-4-15(5-6-15)11-16-10-14-8-12(2)7-13(3)9-14/h7-9,16H,4-6,10-11H2,1-3H3. The first-order chi connectivity index (χ1) is 7.63. The van der Waals surface area contributed by atoms with E-state index in [1.807, 2.05) is 0 Å². The zero-order chi connectivity index (χ0) is 11.6. The van der Waals surface area contributed by atoms with Crippen LogP contribution < -0.4 is 5.32 Å². The summed E-state index contributed by atoms with van der Waals surface area (Å²) >= 11 is 0. The summed E-state index contributed by atoms with van der Waals surface area (Å²) in [6.45, 7) is 8.86. The van der Waals surface area contributed by atoms with E-state index in [9.17, 15) is 0 Å². The van der Waals surface area contributed by atoms with Crippen molar-refractivity contribution in [3.05, 3.63) is 34.9 Å². The average molecular weight is 217 g/mol. The summed E-state index contributed by atoms with van der Waals surface area (Å²) in [6, 6.07) is 6.80. The van der Waals surface area contributed by atoms with Crippen LogP contribution in [0.25, 0.3) is 0 Å². The SMILES string of the molecule is CCC1(CNCc2cc(C)cc(C)c2)CC1. The number of benzene rings is 1. The molecule has 0 radical (unpaired) electrons. The van der Waals surface area contributed by atoms with Crippen LogP contribution in [-0.4, -0.2) is 6.54 Å². The van der Waals surface area contributed by atoms with Crippen molar-refractivity contribution in [1.29, 1.82) is 0 Å². The van der Waals surface area contributed by atoms with E-state index in [1.165, 1.54) is 42.5 Å². The Balaban J connectivity index is 1.85. The van der Waals surface area contributed by atoms with Gasteiger partial charge >= 0.3 is 0 Å². The summed E-state index contributed by atoms with van der Waals surface area (Å²) in [5, 5.41) is 3.61. The third kappa shape index (κ3) is 2.85. The molecule has 0 unspecified atom stereocenters. The second-order valence-electron chi connectivity index (χ2n) is 5.45. The predicted molar refractivity (Wildman–Crippen MR) is 69.6 cm³/mol. The third-order valence-electron chi connectivity index (χ3n) is 3.82. The van der Waals surface area contributed by atoms with Gasteiger partial charge in [0.2, 0.25) is 0 Å². The van der Waals surface area contributed by atoms with Gasteiger partial charge in [-0.15, -0.1) is 0 Å². The maximum absolute atomic E-state index is 3.61. The van der Waals surface area contributed by atoms with Crippen LogP contribution in [0, 0.1) is 19.3 Å². The van der Waals surface area contributed by atoms with Gasteiger partial charge in [0, 0.05) is 13.1 Å². The van der Waals surface area contributed by atoms with E-state index in [0.29, 0.717) is 5.41 Å². The normalized spacial score (nSPS) is 17.4. The Morgan fingerprint density at radius 1 is 1.12 bits per heavy atom. The quantitative estimate of drug-likeness (QED) is 0.795. The van der Waals surface area contributed by atoms with Crippen LogP contribution in [0.4, 0.5) is 0 Å². The lowest BCUT2D eigenvalue weighted by Crippen LogP contribution is -2.23. The highest BCUT2D eigenvalue weighted by atomic mass is 14.9. The summed E-state index contributed by atoms with van der Waals surface area (Å²) in [5.41, 5.74) is 4.81. The lowest BCUT2D eigenvalue weighted by Gasteiger charge is -2.13. The van der Waals surface area contributed by atoms with Gasteiger partial charge in [0.1, 0.15) is 0 Å². The first-order valence-corrected chi connectivity index (χ1v) is 6.41. The monoisotopic (exact) mass is 217 g/mol. The average Bonchev–Trinajstić information content (AvgIpc) is 2.97. The zero-order valence-electron chi connectivity index (χ0n) is 10.8. The fraction of sp³-hybridized carbons (Fsp3) is 0.600. The molecule has 1 heteroatoms. The second-order valence-corrected chi connectivity index (χ2v) is 5.45. The third-order valence-corrected chi connectivity index (χ3v) is 3.82. The number of nitrogens with one attached hydrogen (secondary N) is 1. The Labute approximate surface area is 99.3 Å². The molecule has 1 saturated carbocycles. The van der Waals surface area contributed by atoms with Gasteiger partial charge < -0.3 is 5.32 Å². The maximum Gasteiger partial charge on any atom is 0.0205 e. The van der Waals surface area contributed by atoms with Crippen LogP contribution in [0.1, 0.15) is 42.9 Å². The number of rotatable bonds is 5. The molecule has 1 nitrogen and oxygen atoms in total. The molecule has 0 heterocycles. The van der Waals surface area contributed by atoms with Crippen molar-refractivity contribution in [3.8, 4) is 0 Å². The lowest BCUT2D eigenvalue weighted by atomic mass is 10.0. The van der Waals surface area contributed by atoms with Crippen molar-refractivity contribution in [2.24, 2.45) is 5.41 Å². The van der Waals surface area contributed by atoms with Gasteiger partial charge in [-0.05, 0) is 44.1 Å². The molecular formula is C15H23N. The van der Waals surface area contributed by atoms with E-state index in [2.05, 4.69) is 44.3 Å². The van der Waals surface area contributed by atoms with Gasteiger partial charge in [0.05, 0.1) is 0 Å². The van der Waals surface area contributed by atoms with Crippen molar-refractivity contribution >= 4 is 0 Å². The Hall–Kier alpha value is -0.820. The van der Waals surface area contributed by atoms with E-state index in [0.717, 1.165) is 6.54 Å². The molecule has 1 aromatic rings. The highest BCUT2D eigenvalue weighted by Crippen LogP contribution is 2.47. The smallest absolute Gasteiger partial charge is 0.0205 e. The highest BCUT2D eigenvalue weighted by molar-refractivity contribution is 5.28. The van der Waals surface area contributed by atoms with Gasteiger partial charge in [-0.25, -0.2) is 0 Å². The number of hydrogen-bond acceptors (Lipinski definition) is 1. The molecule has 16 heavy (non-hydrogen) atoms. The van der Waals surface area contributed by atoms with E-state index >= 15 is 0 Å². The second kappa shape index (κ2) is 4.58. The van der Waals surface area contributed by atoms with Gasteiger partial charge in [-0.2, -0.15) is 0 Å². The van der Waals surface area contributed by atoms with Gasteiger partial charge in [-0.3, -0.25) is 0 Å². The molecule has 0 aromatic heterocycles. The minimum atomic E-state index is 0.652. The maximum atomic E-state index is 3.61. The Bertz CT molecular complexity index is 343. The first-order valence-electron chi connectivity index (χ1n) is 6.41. The molecule has 0 spiro atoms. The molecule has 0 aliphatic heterocycles. The summed E-state index contributed by atoms with van der Waals surface area (Å²) in [5.74, 6) is 0. The summed E-state index contributed by atoms with van der Waals surface area (Å²) < 4.78 is 0. The first kappa shape index (κ1) is 11.7. The molecule has 1 aliphatic rings. The molecule has 2 rings (SSSR count). The molecule has 1 N–H and O–H groups in total. The van der Waals surface area contributed by atoms with Crippen molar-refractivity contribution in [2.75, 3.05) is 6.54 Å². The van der Waals surface area contributed by atoms with Gasteiger partial charge in [0.15, 0.2) is 0 Å². The number of aryl methyl sites for hydroxylation is 2. The molecule has 1 aromatic carbocycles. The zero-order valence-corrected chi connectivity index (χ0v) is 10.8. The highest BCUT2D eigenvalue weighted by Gasteiger charge is 2.39. The van der Waals surface area contributed by atoms with Crippen molar-refractivity contribution < 1.29 is 0 Å². The van der Waals surface area contributed by atoms with Crippen LogP contribution in [0.2, 0.25) is 0 Å².